The molecule has 6 nitrogen and oxygen atoms in total. The van der Waals surface area contributed by atoms with E-state index in [1.54, 1.807) is 11.8 Å². The van der Waals surface area contributed by atoms with Gasteiger partial charge in [-0.1, -0.05) is 37.3 Å². The van der Waals surface area contributed by atoms with Crippen LogP contribution < -0.4 is 0 Å². The van der Waals surface area contributed by atoms with E-state index < -0.39 is 10.0 Å². The number of likely N-dealkylation sites (N-methyl/N-ethyl adjacent to an activating group) is 1. The molecule has 0 N–H and O–H groups in total. The molecule has 2 heterocycles. The number of aromatic nitrogens is 1. The lowest BCUT2D eigenvalue weighted by atomic mass is 10.00. The van der Waals surface area contributed by atoms with E-state index in [0.29, 0.717) is 13.1 Å². The third-order valence-electron chi connectivity index (χ3n) is 4.61. The number of hydrogen-bond donors (Lipinski definition) is 0. The highest BCUT2D eigenvalue weighted by atomic mass is 32.2. The Labute approximate surface area is 148 Å². The standard InChI is InChI=1S/C18H23N3O3S/c1-3-20(25(2,23)24)14-17(22)21-13-12-19-11-7-10-16(19)18(21)15-8-5-4-6-9-15/h4-11,18H,3,12-14H2,1-2H3/t18-/m1/s1. The number of hydrogen-bond acceptors (Lipinski definition) is 3. The molecule has 134 valence electrons. The maximum atomic E-state index is 12.9. The van der Waals surface area contributed by atoms with Crippen LogP contribution in [0.5, 0.6) is 0 Å². The van der Waals surface area contributed by atoms with E-state index in [4.69, 9.17) is 0 Å². The zero-order valence-corrected chi connectivity index (χ0v) is 15.3. The van der Waals surface area contributed by atoms with Gasteiger partial charge in [0.1, 0.15) is 0 Å². The molecule has 7 heteroatoms. The maximum absolute atomic E-state index is 12.9. The number of sulfonamides is 1. The SMILES string of the molecule is CCN(CC(=O)N1CCn2cccc2[C@H]1c1ccccc1)S(C)(=O)=O. The Balaban J connectivity index is 1.93. The first-order valence-electron chi connectivity index (χ1n) is 8.36. The first-order valence-corrected chi connectivity index (χ1v) is 10.2. The van der Waals surface area contributed by atoms with Gasteiger partial charge in [-0.2, -0.15) is 4.31 Å². The summed E-state index contributed by atoms with van der Waals surface area (Å²) in [5, 5.41) is 0. The predicted molar refractivity (Wildman–Crippen MR) is 96.5 cm³/mol. The topological polar surface area (TPSA) is 62.6 Å². The average Bonchev–Trinajstić information content (AvgIpc) is 3.06. The molecule has 25 heavy (non-hydrogen) atoms. The monoisotopic (exact) mass is 361 g/mol. The van der Waals surface area contributed by atoms with Crippen molar-refractivity contribution in [3.8, 4) is 0 Å². The number of benzene rings is 1. The van der Waals surface area contributed by atoms with Crippen molar-refractivity contribution in [1.82, 2.24) is 13.8 Å². The highest BCUT2D eigenvalue weighted by Crippen LogP contribution is 2.32. The number of carbonyl (C=O) groups is 1. The van der Waals surface area contributed by atoms with Gasteiger partial charge in [0.2, 0.25) is 15.9 Å². The third kappa shape index (κ3) is 3.62. The molecule has 1 aromatic carbocycles. The molecule has 1 atom stereocenters. The second-order valence-corrected chi connectivity index (χ2v) is 8.20. The van der Waals surface area contributed by atoms with Crippen LogP contribution in [0.4, 0.5) is 0 Å². The predicted octanol–water partition coefficient (Wildman–Crippen LogP) is 1.70. The second-order valence-electron chi connectivity index (χ2n) is 6.22. The summed E-state index contributed by atoms with van der Waals surface area (Å²) in [4.78, 5) is 14.7. The average molecular weight is 361 g/mol. The van der Waals surface area contributed by atoms with Crippen molar-refractivity contribution in [2.24, 2.45) is 0 Å². The van der Waals surface area contributed by atoms with Crippen molar-refractivity contribution in [2.45, 2.75) is 19.5 Å². The number of rotatable bonds is 5. The zero-order valence-electron chi connectivity index (χ0n) is 14.5. The first kappa shape index (κ1) is 17.7. The molecular weight excluding hydrogens is 338 g/mol. The van der Waals surface area contributed by atoms with Crippen LogP contribution in [0.3, 0.4) is 0 Å². The van der Waals surface area contributed by atoms with Crippen LogP contribution in [0, 0.1) is 0 Å². The van der Waals surface area contributed by atoms with E-state index in [9.17, 15) is 13.2 Å². The van der Waals surface area contributed by atoms with Crippen LogP contribution in [-0.4, -0.2) is 54.0 Å². The normalized spacial score (nSPS) is 17.6. The zero-order chi connectivity index (χ0) is 18.0. The summed E-state index contributed by atoms with van der Waals surface area (Å²) >= 11 is 0. The van der Waals surface area contributed by atoms with E-state index in [1.807, 2.05) is 48.7 Å². The molecule has 2 aromatic rings. The molecule has 0 saturated carbocycles. The summed E-state index contributed by atoms with van der Waals surface area (Å²) in [6, 6.07) is 13.7. The van der Waals surface area contributed by atoms with Gasteiger partial charge in [-0.25, -0.2) is 8.42 Å². The van der Waals surface area contributed by atoms with E-state index in [1.165, 1.54) is 4.31 Å². The maximum Gasteiger partial charge on any atom is 0.238 e. The minimum atomic E-state index is -3.40. The second kappa shape index (κ2) is 7.01. The summed E-state index contributed by atoms with van der Waals surface area (Å²) < 4.78 is 27.0. The van der Waals surface area contributed by atoms with E-state index in [-0.39, 0.29) is 25.0 Å². The molecule has 1 aliphatic rings. The van der Waals surface area contributed by atoms with Crippen molar-refractivity contribution in [3.05, 3.63) is 59.9 Å². The van der Waals surface area contributed by atoms with Crippen molar-refractivity contribution < 1.29 is 13.2 Å². The van der Waals surface area contributed by atoms with Gasteiger partial charge >= 0.3 is 0 Å². The van der Waals surface area contributed by atoms with Gasteiger partial charge in [-0.3, -0.25) is 4.79 Å². The van der Waals surface area contributed by atoms with Crippen molar-refractivity contribution >= 4 is 15.9 Å². The summed E-state index contributed by atoms with van der Waals surface area (Å²) in [6.45, 7) is 3.17. The summed E-state index contributed by atoms with van der Waals surface area (Å²) in [5.41, 5.74) is 2.08. The Morgan fingerprint density at radius 1 is 1.16 bits per heavy atom. The molecule has 1 aromatic heterocycles. The van der Waals surface area contributed by atoms with Crippen LogP contribution in [0.25, 0.3) is 0 Å². The van der Waals surface area contributed by atoms with Gasteiger partial charge < -0.3 is 9.47 Å². The number of amides is 1. The van der Waals surface area contributed by atoms with Gasteiger partial charge in [0.15, 0.2) is 0 Å². The minimum absolute atomic E-state index is 0.126. The summed E-state index contributed by atoms with van der Waals surface area (Å²) in [7, 11) is -3.40. The molecular formula is C18H23N3O3S. The van der Waals surface area contributed by atoms with Gasteiger partial charge in [0.05, 0.1) is 18.8 Å². The Morgan fingerprint density at radius 2 is 1.88 bits per heavy atom. The largest absolute Gasteiger partial charge is 0.348 e. The Morgan fingerprint density at radius 3 is 2.52 bits per heavy atom. The van der Waals surface area contributed by atoms with Crippen LogP contribution in [0.1, 0.15) is 24.2 Å². The minimum Gasteiger partial charge on any atom is -0.348 e. The molecule has 0 spiro atoms. The Hall–Kier alpha value is -2.12. The van der Waals surface area contributed by atoms with Crippen molar-refractivity contribution in [3.63, 3.8) is 0 Å². The Bertz CT molecular complexity index is 845. The molecule has 1 amide bonds. The van der Waals surface area contributed by atoms with Gasteiger partial charge in [0.25, 0.3) is 0 Å². The van der Waals surface area contributed by atoms with Crippen LogP contribution in [0.2, 0.25) is 0 Å². The van der Waals surface area contributed by atoms with Crippen LogP contribution in [-0.2, 0) is 21.4 Å². The number of carbonyl (C=O) groups excluding carboxylic acids is 1. The molecule has 0 bridgehead atoms. The molecule has 0 unspecified atom stereocenters. The molecule has 1 aliphatic heterocycles. The lowest BCUT2D eigenvalue weighted by molar-refractivity contribution is -0.134. The highest BCUT2D eigenvalue weighted by Gasteiger charge is 2.33. The van der Waals surface area contributed by atoms with Gasteiger partial charge in [-0.15, -0.1) is 0 Å². The van der Waals surface area contributed by atoms with Gasteiger partial charge in [-0.05, 0) is 17.7 Å². The fourth-order valence-corrected chi connectivity index (χ4v) is 4.16. The fraction of sp³-hybridized carbons (Fsp3) is 0.389. The van der Waals surface area contributed by atoms with E-state index in [2.05, 4.69) is 4.57 Å². The molecule has 0 radical (unpaired) electrons. The van der Waals surface area contributed by atoms with E-state index in [0.717, 1.165) is 17.5 Å². The summed E-state index contributed by atoms with van der Waals surface area (Å²) in [5.74, 6) is -0.173. The van der Waals surface area contributed by atoms with E-state index >= 15 is 0 Å². The quantitative estimate of drug-likeness (QED) is 0.814. The smallest absolute Gasteiger partial charge is 0.238 e. The van der Waals surface area contributed by atoms with Crippen molar-refractivity contribution in [1.29, 1.82) is 0 Å². The van der Waals surface area contributed by atoms with Crippen LogP contribution in [0.15, 0.2) is 48.7 Å². The molecule has 0 saturated heterocycles. The lowest BCUT2D eigenvalue weighted by Crippen LogP contribution is -2.47. The fourth-order valence-electron chi connectivity index (χ4n) is 3.34. The lowest BCUT2D eigenvalue weighted by Gasteiger charge is -2.38. The highest BCUT2D eigenvalue weighted by molar-refractivity contribution is 7.88. The first-order chi connectivity index (χ1) is 11.9. The third-order valence-corrected chi connectivity index (χ3v) is 5.93. The number of nitrogens with zero attached hydrogens (tertiary/aromatic N) is 3. The molecule has 0 fully saturated rings. The Kier molecular flexibility index (Phi) is 4.96. The van der Waals surface area contributed by atoms with Crippen LogP contribution >= 0.6 is 0 Å². The van der Waals surface area contributed by atoms with Gasteiger partial charge in [0, 0.05) is 31.5 Å². The van der Waals surface area contributed by atoms with Crippen molar-refractivity contribution in [2.75, 3.05) is 25.9 Å². The molecule has 3 rings (SSSR count). The molecule has 0 aliphatic carbocycles. The number of fused-ring (bicyclic) bond motifs is 1. The summed E-state index contributed by atoms with van der Waals surface area (Å²) in [6.07, 6.45) is 3.15.